The number of carbonyl (C=O) groups is 1. The summed E-state index contributed by atoms with van der Waals surface area (Å²) < 4.78 is 35.2. The molecule has 5 aromatic rings. The molecule has 1 aromatic carbocycles. The van der Waals surface area contributed by atoms with Crippen molar-refractivity contribution in [2.45, 2.75) is 58.5 Å². The molecule has 1 fully saturated rings. The fourth-order valence-electron chi connectivity index (χ4n) is 6.87. The van der Waals surface area contributed by atoms with Gasteiger partial charge in [0.15, 0.2) is 5.65 Å². The van der Waals surface area contributed by atoms with Crippen LogP contribution in [0.1, 0.15) is 50.6 Å². The zero-order valence-electron chi connectivity index (χ0n) is 26.6. The Morgan fingerprint density at radius 1 is 1.02 bits per heavy atom. The Labute approximate surface area is 270 Å². The fourth-order valence-corrected chi connectivity index (χ4v) is 6.87. The first-order valence-electron chi connectivity index (χ1n) is 15.7. The second-order valence-corrected chi connectivity index (χ2v) is 12.5. The van der Waals surface area contributed by atoms with Crippen LogP contribution in [0.4, 0.5) is 14.6 Å². The van der Waals surface area contributed by atoms with Crippen LogP contribution in [0.25, 0.3) is 33.7 Å². The SMILES string of the molecule is C=CC(=O)N1C[C@H](C)N(c2nc(=O)n3c4nc(c(F)cc24)-c2c(F)cccc2CCc2ccnn2-c2ccnc(C(C)C)c2-3)C[C@H]1C. The number of carbonyl (C=O) groups excluding carboxylic acids is 1. The van der Waals surface area contributed by atoms with Crippen LogP contribution in [0, 0.1) is 11.6 Å². The Morgan fingerprint density at radius 2 is 1.83 bits per heavy atom. The van der Waals surface area contributed by atoms with Crippen LogP contribution in [0.15, 0.2) is 66.2 Å². The van der Waals surface area contributed by atoms with Gasteiger partial charge in [-0.3, -0.25) is 9.78 Å². The summed E-state index contributed by atoms with van der Waals surface area (Å²) in [7, 11) is 0. The molecule has 2 atom stereocenters. The highest BCUT2D eigenvalue weighted by molar-refractivity contribution is 5.92. The molecule has 0 saturated carbocycles. The number of anilines is 1. The third kappa shape index (κ3) is 4.90. The van der Waals surface area contributed by atoms with Gasteiger partial charge in [0.05, 0.1) is 22.5 Å². The molecule has 1 amide bonds. The second-order valence-electron chi connectivity index (χ2n) is 12.5. The van der Waals surface area contributed by atoms with E-state index in [2.05, 4.69) is 21.6 Å². The average molecular weight is 637 g/mol. The number of pyridine rings is 2. The van der Waals surface area contributed by atoms with Gasteiger partial charge in [0.25, 0.3) is 0 Å². The fraction of sp³-hybridized carbons (Fsp3) is 0.314. The molecule has 4 aromatic heterocycles. The van der Waals surface area contributed by atoms with E-state index in [0.29, 0.717) is 48.6 Å². The van der Waals surface area contributed by atoms with Crippen molar-refractivity contribution >= 4 is 22.8 Å². The minimum absolute atomic E-state index is 0.0462. The lowest BCUT2D eigenvalue weighted by molar-refractivity contribution is -0.128. The first-order chi connectivity index (χ1) is 22.6. The van der Waals surface area contributed by atoms with E-state index in [1.54, 1.807) is 40.2 Å². The van der Waals surface area contributed by atoms with Crippen molar-refractivity contribution in [3.8, 4) is 22.6 Å². The largest absolute Gasteiger partial charge is 0.355 e. The highest BCUT2D eigenvalue weighted by Gasteiger charge is 2.35. The first-order valence-corrected chi connectivity index (χ1v) is 15.7. The van der Waals surface area contributed by atoms with Crippen LogP contribution in [0.2, 0.25) is 0 Å². The third-order valence-electron chi connectivity index (χ3n) is 9.16. The normalized spacial score (nSPS) is 17.6. The number of nitrogens with zero attached hydrogens (tertiary/aromatic N) is 8. The maximum Gasteiger partial charge on any atom is 0.355 e. The van der Waals surface area contributed by atoms with Gasteiger partial charge in [0.1, 0.15) is 23.1 Å². The highest BCUT2D eigenvalue weighted by atomic mass is 19.1. The molecule has 0 spiro atoms. The lowest BCUT2D eigenvalue weighted by atomic mass is 9.97. The maximum absolute atomic E-state index is 16.4. The van der Waals surface area contributed by atoms with Crippen molar-refractivity contribution in [1.29, 1.82) is 0 Å². The second kappa shape index (κ2) is 11.5. The van der Waals surface area contributed by atoms with Gasteiger partial charge < -0.3 is 9.80 Å². The molecule has 0 unspecified atom stereocenters. The molecule has 7 rings (SSSR count). The van der Waals surface area contributed by atoms with Crippen molar-refractivity contribution in [3.05, 3.63) is 101 Å². The molecule has 6 heterocycles. The molecule has 0 aliphatic carbocycles. The third-order valence-corrected chi connectivity index (χ3v) is 9.16. The van der Waals surface area contributed by atoms with E-state index in [1.165, 1.54) is 22.8 Å². The Kier molecular flexibility index (Phi) is 7.45. The summed E-state index contributed by atoms with van der Waals surface area (Å²) in [5.41, 5.74) is 2.32. The standard InChI is InChI=1S/C35H34F2N8O2/c1-6-28(46)42-17-21(5)43(18-20(42)4)33-24-16-26(37)31-29-22(8-7-9-25(29)36)10-11-23-12-15-39-45(23)27-13-14-38-30(19(2)3)32(27)44(34(24)40-31)35(47)41-33/h6-9,12-16,19-21H,1,10-11,17-18H2,2-5H3/t20-,21+/m1/s1. The molecule has 10 nitrogen and oxygen atoms in total. The predicted molar refractivity (Wildman–Crippen MR) is 175 cm³/mol. The lowest BCUT2D eigenvalue weighted by Gasteiger charge is -2.44. The van der Waals surface area contributed by atoms with E-state index in [1.807, 2.05) is 38.7 Å². The Bertz CT molecular complexity index is 2140. The Morgan fingerprint density at radius 3 is 2.60 bits per heavy atom. The van der Waals surface area contributed by atoms with Gasteiger partial charge in [-0.05, 0) is 68.5 Å². The Balaban J connectivity index is 1.59. The molecule has 2 bridgehead atoms. The van der Waals surface area contributed by atoms with E-state index in [-0.39, 0.29) is 52.0 Å². The van der Waals surface area contributed by atoms with Gasteiger partial charge in [0, 0.05) is 48.8 Å². The minimum atomic E-state index is -0.740. The van der Waals surface area contributed by atoms with Crippen molar-refractivity contribution in [1.82, 2.24) is 34.2 Å². The zero-order chi connectivity index (χ0) is 33.1. The topological polar surface area (TPSA) is 102 Å². The number of rotatable bonds is 3. The lowest BCUT2D eigenvalue weighted by Crippen LogP contribution is -2.58. The first kappa shape index (κ1) is 30.4. The number of aryl methyl sites for hydroxylation is 2. The Hall–Kier alpha value is -5.26. The number of aromatic nitrogens is 6. The van der Waals surface area contributed by atoms with Gasteiger partial charge in [0.2, 0.25) is 5.91 Å². The summed E-state index contributed by atoms with van der Waals surface area (Å²) >= 11 is 0. The molecule has 2 aliphatic rings. The van der Waals surface area contributed by atoms with Crippen molar-refractivity contribution in [2.24, 2.45) is 0 Å². The quantitative estimate of drug-likeness (QED) is 0.253. The molecular formula is C35H34F2N8O2. The van der Waals surface area contributed by atoms with Gasteiger partial charge in [-0.15, -0.1) is 0 Å². The smallest absolute Gasteiger partial charge is 0.349 e. The van der Waals surface area contributed by atoms with Gasteiger partial charge in [-0.2, -0.15) is 10.1 Å². The summed E-state index contributed by atoms with van der Waals surface area (Å²) in [6.07, 6.45) is 5.50. The number of halogens is 2. The number of hydrogen-bond acceptors (Lipinski definition) is 7. The van der Waals surface area contributed by atoms with Crippen molar-refractivity contribution in [3.63, 3.8) is 0 Å². The monoisotopic (exact) mass is 636 g/mol. The van der Waals surface area contributed by atoms with Crippen LogP contribution in [-0.2, 0) is 17.6 Å². The average Bonchev–Trinajstić information content (AvgIpc) is 3.52. The molecule has 2 aliphatic heterocycles. The number of amides is 1. The highest BCUT2D eigenvalue weighted by Crippen LogP contribution is 2.37. The van der Waals surface area contributed by atoms with E-state index in [0.717, 1.165) is 5.69 Å². The van der Waals surface area contributed by atoms with Gasteiger partial charge in [-0.1, -0.05) is 32.6 Å². The molecule has 12 heteroatoms. The summed E-state index contributed by atoms with van der Waals surface area (Å²) in [6.45, 7) is 12.1. The van der Waals surface area contributed by atoms with E-state index >= 15 is 8.78 Å². The molecule has 0 N–H and O–H groups in total. The van der Waals surface area contributed by atoms with Crippen LogP contribution in [0.3, 0.4) is 0 Å². The van der Waals surface area contributed by atoms with Crippen LogP contribution in [0.5, 0.6) is 0 Å². The van der Waals surface area contributed by atoms with Gasteiger partial charge in [-0.25, -0.2) is 27.8 Å². The van der Waals surface area contributed by atoms with Crippen molar-refractivity contribution in [2.75, 3.05) is 18.0 Å². The number of benzene rings is 1. The summed E-state index contributed by atoms with van der Waals surface area (Å²) in [5, 5.41) is 4.90. The van der Waals surface area contributed by atoms with E-state index in [9.17, 15) is 9.59 Å². The molecule has 240 valence electrons. The summed E-state index contributed by atoms with van der Waals surface area (Å²) in [5.74, 6) is -1.44. The van der Waals surface area contributed by atoms with Crippen molar-refractivity contribution < 1.29 is 13.6 Å². The van der Waals surface area contributed by atoms with Crippen LogP contribution < -0.4 is 10.6 Å². The molecule has 47 heavy (non-hydrogen) atoms. The number of piperazine rings is 1. The minimum Gasteiger partial charge on any atom is -0.349 e. The van der Waals surface area contributed by atoms with Crippen LogP contribution in [-0.4, -0.2) is 65.3 Å². The molecule has 0 radical (unpaired) electrons. The predicted octanol–water partition coefficient (Wildman–Crippen LogP) is 5.14. The number of hydrogen-bond donors (Lipinski definition) is 0. The summed E-state index contributed by atoms with van der Waals surface area (Å²) in [4.78, 5) is 44.7. The van der Waals surface area contributed by atoms with Crippen LogP contribution >= 0.6 is 0 Å². The van der Waals surface area contributed by atoms with E-state index < -0.39 is 17.3 Å². The maximum atomic E-state index is 16.4. The molecular weight excluding hydrogens is 602 g/mol. The number of fused-ring (bicyclic) bond motifs is 7. The van der Waals surface area contributed by atoms with E-state index in [4.69, 9.17) is 4.98 Å². The summed E-state index contributed by atoms with van der Waals surface area (Å²) in [6, 6.07) is 9.08. The molecule has 1 saturated heterocycles. The zero-order valence-corrected chi connectivity index (χ0v) is 26.6. The van der Waals surface area contributed by atoms with Gasteiger partial charge >= 0.3 is 5.69 Å².